The molecule has 2 amide bonds. The zero-order valence-corrected chi connectivity index (χ0v) is 20.0. The quantitative estimate of drug-likeness (QED) is 0.450. The average molecular weight is 467 g/mol. The second-order valence-electron chi connectivity index (χ2n) is 9.15. The Hall–Kier alpha value is -3.35. The summed E-state index contributed by atoms with van der Waals surface area (Å²) >= 11 is 0. The summed E-state index contributed by atoms with van der Waals surface area (Å²) in [6.45, 7) is 6.02. The molecule has 2 aromatic carbocycles. The number of carbonyl (C=O) groups is 3. The highest BCUT2D eigenvalue weighted by molar-refractivity contribution is 5.80. The maximum absolute atomic E-state index is 12.6. The number of amides is 2. The number of carboxylic acid groups (broad SMARTS) is 1. The Morgan fingerprint density at radius 2 is 1.59 bits per heavy atom. The van der Waals surface area contributed by atoms with Crippen molar-refractivity contribution in [3.8, 4) is 11.1 Å². The third-order valence-electron chi connectivity index (χ3n) is 6.39. The van der Waals surface area contributed by atoms with Crippen LogP contribution in [0.3, 0.4) is 0 Å². The van der Waals surface area contributed by atoms with Gasteiger partial charge < -0.3 is 20.5 Å². The number of fused-ring (bicyclic) bond motifs is 3. The molecule has 2 aromatic rings. The van der Waals surface area contributed by atoms with Crippen LogP contribution < -0.4 is 10.6 Å². The van der Waals surface area contributed by atoms with Gasteiger partial charge in [-0.15, -0.1) is 0 Å². The van der Waals surface area contributed by atoms with Crippen molar-refractivity contribution in [2.75, 3.05) is 13.2 Å². The molecule has 1 unspecified atom stereocenters. The highest BCUT2D eigenvalue weighted by Gasteiger charge is 2.29. The van der Waals surface area contributed by atoms with E-state index in [9.17, 15) is 19.5 Å². The number of benzene rings is 2. The topological polar surface area (TPSA) is 105 Å². The van der Waals surface area contributed by atoms with E-state index in [-0.39, 0.29) is 37.3 Å². The highest BCUT2D eigenvalue weighted by atomic mass is 16.5. The number of hydrogen-bond donors (Lipinski definition) is 3. The fraction of sp³-hybridized carbons (Fsp3) is 0.444. The molecule has 3 N–H and O–H groups in total. The lowest BCUT2D eigenvalue weighted by Crippen LogP contribution is -2.43. The zero-order valence-electron chi connectivity index (χ0n) is 20.0. The molecule has 0 radical (unpaired) electrons. The van der Waals surface area contributed by atoms with E-state index in [2.05, 4.69) is 34.9 Å². The number of rotatable bonds is 11. The van der Waals surface area contributed by atoms with Crippen molar-refractivity contribution in [2.24, 2.45) is 11.8 Å². The minimum Gasteiger partial charge on any atom is -0.481 e. The summed E-state index contributed by atoms with van der Waals surface area (Å²) in [6, 6.07) is 15.8. The fourth-order valence-corrected chi connectivity index (χ4v) is 4.42. The van der Waals surface area contributed by atoms with Gasteiger partial charge in [0.1, 0.15) is 6.61 Å². The minimum absolute atomic E-state index is 0.00264. The van der Waals surface area contributed by atoms with Crippen LogP contribution in [0.5, 0.6) is 0 Å². The summed E-state index contributed by atoms with van der Waals surface area (Å²) in [5.74, 6) is -1.86. The van der Waals surface area contributed by atoms with Crippen LogP contribution in [0.4, 0.5) is 4.79 Å². The van der Waals surface area contributed by atoms with E-state index >= 15 is 0 Å². The summed E-state index contributed by atoms with van der Waals surface area (Å²) in [5, 5.41) is 14.8. The molecule has 3 rings (SSSR count). The molecule has 2 atom stereocenters. The first-order valence-corrected chi connectivity index (χ1v) is 11.9. The van der Waals surface area contributed by atoms with Crippen LogP contribution in [0.2, 0.25) is 0 Å². The van der Waals surface area contributed by atoms with Crippen molar-refractivity contribution in [3.63, 3.8) is 0 Å². The second-order valence-corrected chi connectivity index (χ2v) is 9.15. The normalized spacial score (nSPS) is 14.1. The SMILES string of the molecule is CCCC(CNC(=O)C[C@H](NC(=O)OCC1c2ccccc2-c2ccccc21)C(C)C)C(=O)O. The van der Waals surface area contributed by atoms with E-state index in [1.165, 1.54) is 0 Å². The molecule has 34 heavy (non-hydrogen) atoms. The van der Waals surface area contributed by atoms with Crippen molar-refractivity contribution >= 4 is 18.0 Å². The molecule has 7 heteroatoms. The van der Waals surface area contributed by atoms with E-state index in [1.54, 1.807) is 0 Å². The molecule has 0 saturated heterocycles. The lowest BCUT2D eigenvalue weighted by molar-refractivity contribution is -0.141. The smallest absolute Gasteiger partial charge is 0.407 e. The lowest BCUT2D eigenvalue weighted by Gasteiger charge is -2.23. The molecule has 0 bridgehead atoms. The fourth-order valence-electron chi connectivity index (χ4n) is 4.42. The Kier molecular flexibility index (Phi) is 8.68. The third-order valence-corrected chi connectivity index (χ3v) is 6.39. The lowest BCUT2D eigenvalue weighted by atomic mass is 9.98. The summed E-state index contributed by atoms with van der Waals surface area (Å²) in [5.41, 5.74) is 4.59. The Morgan fingerprint density at radius 1 is 1.00 bits per heavy atom. The van der Waals surface area contributed by atoms with E-state index in [0.717, 1.165) is 28.7 Å². The van der Waals surface area contributed by atoms with E-state index < -0.39 is 24.0 Å². The van der Waals surface area contributed by atoms with Crippen molar-refractivity contribution in [3.05, 3.63) is 59.7 Å². The maximum atomic E-state index is 12.6. The first kappa shape index (κ1) is 25.3. The number of ether oxygens (including phenoxy) is 1. The molecule has 0 heterocycles. The number of carbonyl (C=O) groups excluding carboxylic acids is 2. The van der Waals surface area contributed by atoms with Gasteiger partial charge in [0.2, 0.25) is 5.91 Å². The van der Waals surface area contributed by atoms with Gasteiger partial charge in [0, 0.05) is 24.9 Å². The largest absolute Gasteiger partial charge is 0.481 e. The predicted octanol–water partition coefficient (Wildman–Crippen LogP) is 4.56. The van der Waals surface area contributed by atoms with E-state index in [0.29, 0.717) is 6.42 Å². The van der Waals surface area contributed by atoms with Gasteiger partial charge in [-0.3, -0.25) is 9.59 Å². The summed E-state index contributed by atoms with van der Waals surface area (Å²) in [6.07, 6.45) is 0.717. The minimum atomic E-state index is -0.917. The number of carboxylic acids is 1. The summed E-state index contributed by atoms with van der Waals surface area (Å²) in [4.78, 5) is 36.3. The van der Waals surface area contributed by atoms with Crippen LogP contribution in [-0.2, 0) is 14.3 Å². The van der Waals surface area contributed by atoms with Crippen molar-refractivity contribution < 1.29 is 24.2 Å². The Morgan fingerprint density at radius 3 is 2.12 bits per heavy atom. The molecule has 1 aliphatic rings. The molecular formula is C27H34N2O5. The van der Waals surface area contributed by atoms with Gasteiger partial charge in [-0.1, -0.05) is 75.7 Å². The van der Waals surface area contributed by atoms with Gasteiger partial charge in [0.25, 0.3) is 0 Å². The van der Waals surface area contributed by atoms with Crippen LogP contribution in [0.25, 0.3) is 11.1 Å². The van der Waals surface area contributed by atoms with Gasteiger partial charge in [-0.05, 0) is 34.6 Å². The maximum Gasteiger partial charge on any atom is 0.407 e. The highest BCUT2D eigenvalue weighted by Crippen LogP contribution is 2.44. The monoisotopic (exact) mass is 466 g/mol. The van der Waals surface area contributed by atoms with Gasteiger partial charge in [0.15, 0.2) is 0 Å². The zero-order chi connectivity index (χ0) is 24.7. The standard InChI is InChI=1S/C27H34N2O5/c1-4-9-18(26(31)32)15-28-25(30)14-24(17(2)3)29-27(33)34-16-23-21-12-7-5-10-19(21)20-11-6-8-13-22(20)23/h5-8,10-13,17-18,23-24H,4,9,14-16H2,1-3H3,(H,28,30)(H,29,33)(H,31,32)/t18?,24-/m0/s1. The first-order chi connectivity index (χ1) is 16.3. The van der Waals surface area contributed by atoms with Crippen LogP contribution >= 0.6 is 0 Å². The van der Waals surface area contributed by atoms with E-state index in [1.807, 2.05) is 45.0 Å². The number of aliphatic carboxylic acids is 1. The molecule has 0 aromatic heterocycles. The molecular weight excluding hydrogens is 432 g/mol. The summed E-state index contributed by atoms with van der Waals surface area (Å²) < 4.78 is 5.60. The molecule has 182 valence electrons. The average Bonchev–Trinajstić information content (AvgIpc) is 3.13. The summed E-state index contributed by atoms with van der Waals surface area (Å²) in [7, 11) is 0. The first-order valence-electron chi connectivity index (χ1n) is 11.9. The molecule has 7 nitrogen and oxygen atoms in total. The molecule has 0 aliphatic heterocycles. The van der Waals surface area contributed by atoms with Gasteiger partial charge in [0.05, 0.1) is 5.92 Å². The second kappa shape index (κ2) is 11.7. The van der Waals surface area contributed by atoms with Crippen LogP contribution in [0, 0.1) is 11.8 Å². The molecule has 1 aliphatic carbocycles. The van der Waals surface area contributed by atoms with Gasteiger partial charge in [-0.2, -0.15) is 0 Å². The van der Waals surface area contributed by atoms with Gasteiger partial charge >= 0.3 is 12.1 Å². The Balaban J connectivity index is 1.55. The Bertz CT molecular complexity index is 974. The molecule has 0 saturated carbocycles. The van der Waals surface area contributed by atoms with Crippen LogP contribution in [0.1, 0.15) is 57.1 Å². The molecule has 0 spiro atoms. The van der Waals surface area contributed by atoms with Crippen LogP contribution in [0.15, 0.2) is 48.5 Å². The van der Waals surface area contributed by atoms with E-state index in [4.69, 9.17) is 4.74 Å². The van der Waals surface area contributed by atoms with Crippen molar-refractivity contribution in [1.29, 1.82) is 0 Å². The van der Waals surface area contributed by atoms with Crippen LogP contribution in [-0.4, -0.2) is 42.3 Å². The Labute approximate surface area is 200 Å². The van der Waals surface area contributed by atoms with Crippen molar-refractivity contribution in [2.45, 2.75) is 52.0 Å². The van der Waals surface area contributed by atoms with Crippen molar-refractivity contribution in [1.82, 2.24) is 10.6 Å². The molecule has 0 fully saturated rings. The number of hydrogen-bond acceptors (Lipinski definition) is 4. The third kappa shape index (κ3) is 6.16. The van der Waals surface area contributed by atoms with Gasteiger partial charge in [-0.25, -0.2) is 4.79 Å². The number of alkyl carbamates (subject to hydrolysis) is 1. The predicted molar refractivity (Wildman–Crippen MR) is 130 cm³/mol. The number of nitrogens with one attached hydrogen (secondary N) is 2.